The number of carbonyl (C=O) groups is 2. The quantitative estimate of drug-likeness (QED) is 0.806. The number of nitrogens with one attached hydrogen (secondary N) is 1. The van der Waals surface area contributed by atoms with Crippen LogP contribution in [0.4, 0.5) is 4.79 Å². The number of nitrogens with zero attached hydrogens (tertiary/aromatic N) is 1. The average molecular weight is 261 g/mol. The van der Waals surface area contributed by atoms with E-state index < -0.39 is 5.54 Å². The molecule has 102 valence electrons. The van der Waals surface area contributed by atoms with Crippen LogP contribution in [-0.4, -0.2) is 28.9 Å². The number of aryl methyl sites for hydroxylation is 1. The first kappa shape index (κ1) is 13.5. The number of benzene rings is 1. The number of carbonyl (C=O) groups excluding carboxylic acids is 2. The van der Waals surface area contributed by atoms with Crippen molar-refractivity contribution in [2.24, 2.45) is 5.73 Å². The first-order chi connectivity index (χ1) is 8.83. The normalized spacial score (nSPS) is 19.5. The number of amides is 3. The Balaban J connectivity index is 2.16. The Labute approximate surface area is 112 Å². The lowest BCUT2D eigenvalue weighted by atomic mass is 10.0. The molecule has 1 aromatic carbocycles. The van der Waals surface area contributed by atoms with E-state index in [1.165, 1.54) is 4.90 Å². The Morgan fingerprint density at radius 2 is 1.95 bits per heavy atom. The predicted molar refractivity (Wildman–Crippen MR) is 72.4 cm³/mol. The number of hydrogen-bond acceptors (Lipinski definition) is 3. The summed E-state index contributed by atoms with van der Waals surface area (Å²) in [5, 5.41) is 2.65. The van der Waals surface area contributed by atoms with E-state index in [0.29, 0.717) is 0 Å². The summed E-state index contributed by atoms with van der Waals surface area (Å²) >= 11 is 0. The van der Waals surface area contributed by atoms with Crippen LogP contribution < -0.4 is 11.1 Å². The molecular formula is C14H19N3O2. The maximum absolute atomic E-state index is 12.1. The van der Waals surface area contributed by atoms with Crippen molar-refractivity contribution in [1.82, 2.24) is 10.2 Å². The molecule has 1 aliphatic heterocycles. The van der Waals surface area contributed by atoms with Gasteiger partial charge in [0.15, 0.2) is 0 Å². The first-order valence-corrected chi connectivity index (χ1v) is 6.28. The summed E-state index contributed by atoms with van der Waals surface area (Å²) in [7, 11) is 0. The zero-order valence-electron chi connectivity index (χ0n) is 11.4. The Kier molecular flexibility index (Phi) is 3.32. The SMILES string of the molecule is Cc1ccccc1C(N)CN1C(=O)NC(C)(C)C1=O. The monoisotopic (exact) mass is 261 g/mol. The van der Waals surface area contributed by atoms with Gasteiger partial charge >= 0.3 is 6.03 Å². The number of urea groups is 1. The summed E-state index contributed by atoms with van der Waals surface area (Å²) in [5.74, 6) is -0.235. The topological polar surface area (TPSA) is 75.4 Å². The number of nitrogens with two attached hydrogens (primary N) is 1. The molecule has 19 heavy (non-hydrogen) atoms. The van der Waals surface area contributed by atoms with Crippen LogP contribution in [0.2, 0.25) is 0 Å². The maximum Gasteiger partial charge on any atom is 0.325 e. The van der Waals surface area contributed by atoms with E-state index >= 15 is 0 Å². The molecule has 0 bridgehead atoms. The Morgan fingerprint density at radius 1 is 1.32 bits per heavy atom. The fourth-order valence-electron chi connectivity index (χ4n) is 2.28. The van der Waals surface area contributed by atoms with Gasteiger partial charge in [-0.05, 0) is 31.9 Å². The van der Waals surface area contributed by atoms with Gasteiger partial charge in [0, 0.05) is 12.6 Å². The van der Waals surface area contributed by atoms with Gasteiger partial charge in [-0.3, -0.25) is 9.69 Å². The minimum atomic E-state index is -0.845. The smallest absolute Gasteiger partial charge is 0.324 e. The Morgan fingerprint density at radius 3 is 2.47 bits per heavy atom. The van der Waals surface area contributed by atoms with Crippen molar-refractivity contribution >= 4 is 11.9 Å². The van der Waals surface area contributed by atoms with Crippen LogP contribution in [0.5, 0.6) is 0 Å². The van der Waals surface area contributed by atoms with Crippen LogP contribution in [0.25, 0.3) is 0 Å². The number of imide groups is 1. The van der Waals surface area contributed by atoms with E-state index in [9.17, 15) is 9.59 Å². The largest absolute Gasteiger partial charge is 0.325 e. The van der Waals surface area contributed by atoms with E-state index in [0.717, 1.165) is 11.1 Å². The third-order valence-corrected chi connectivity index (χ3v) is 3.41. The fraction of sp³-hybridized carbons (Fsp3) is 0.429. The van der Waals surface area contributed by atoms with Gasteiger partial charge in [-0.2, -0.15) is 0 Å². The third kappa shape index (κ3) is 2.46. The molecule has 3 amide bonds. The number of rotatable bonds is 3. The second-order valence-corrected chi connectivity index (χ2v) is 5.43. The standard InChI is InChI=1S/C14H19N3O2/c1-9-6-4-5-7-10(9)11(15)8-17-12(18)14(2,3)16-13(17)19/h4-7,11H,8,15H2,1-3H3,(H,16,19). The molecule has 1 aromatic rings. The highest BCUT2D eigenvalue weighted by Gasteiger charge is 2.44. The van der Waals surface area contributed by atoms with Crippen LogP contribution in [0, 0.1) is 6.92 Å². The lowest BCUT2D eigenvalue weighted by Gasteiger charge is -2.21. The van der Waals surface area contributed by atoms with Crippen molar-refractivity contribution in [2.45, 2.75) is 32.4 Å². The molecule has 5 nitrogen and oxygen atoms in total. The van der Waals surface area contributed by atoms with Crippen LogP contribution >= 0.6 is 0 Å². The summed E-state index contributed by atoms with van der Waals surface area (Å²) in [4.78, 5) is 25.1. The van der Waals surface area contributed by atoms with Gasteiger partial charge in [0.25, 0.3) is 5.91 Å². The molecule has 0 aliphatic carbocycles. The van der Waals surface area contributed by atoms with Gasteiger partial charge in [0.1, 0.15) is 5.54 Å². The van der Waals surface area contributed by atoms with Gasteiger partial charge in [0.05, 0.1) is 0 Å². The highest BCUT2D eigenvalue weighted by atomic mass is 16.2. The zero-order valence-corrected chi connectivity index (χ0v) is 11.4. The predicted octanol–water partition coefficient (Wildman–Crippen LogP) is 1.33. The molecule has 0 saturated carbocycles. The van der Waals surface area contributed by atoms with Crippen molar-refractivity contribution < 1.29 is 9.59 Å². The number of hydrogen-bond donors (Lipinski definition) is 2. The van der Waals surface area contributed by atoms with Crippen molar-refractivity contribution in [3.8, 4) is 0 Å². The molecule has 1 heterocycles. The molecule has 1 unspecified atom stereocenters. The molecule has 0 aromatic heterocycles. The van der Waals surface area contributed by atoms with Crippen LogP contribution in [0.15, 0.2) is 24.3 Å². The van der Waals surface area contributed by atoms with Crippen molar-refractivity contribution in [1.29, 1.82) is 0 Å². The van der Waals surface area contributed by atoms with E-state index in [1.54, 1.807) is 13.8 Å². The van der Waals surface area contributed by atoms with Gasteiger partial charge in [-0.15, -0.1) is 0 Å². The zero-order chi connectivity index (χ0) is 14.2. The fourth-order valence-corrected chi connectivity index (χ4v) is 2.28. The molecule has 5 heteroatoms. The summed E-state index contributed by atoms with van der Waals surface area (Å²) in [6, 6.07) is 6.97. The second-order valence-electron chi connectivity index (χ2n) is 5.43. The molecule has 3 N–H and O–H groups in total. The van der Waals surface area contributed by atoms with Crippen molar-refractivity contribution in [2.75, 3.05) is 6.54 Å². The van der Waals surface area contributed by atoms with Crippen molar-refractivity contribution in [3.63, 3.8) is 0 Å². The Bertz CT molecular complexity index is 525. The summed E-state index contributed by atoms with van der Waals surface area (Å²) in [5.41, 5.74) is 7.28. The first-order valence-electron chi connectivity index (χ1n) is 6.28. The highest BCUT2D eigenvalue weighted by molar-refractivity contribution is 6.06. The molecule has 1 fully saturated rings. The summed E-state index contributed by atoms with van der Waals surface area (Å²) in [6.45, 7) is 5.53. The minimum absolute atomic E-state index is 0.193. The second kappa shape index (κ2) is 4.66. The van der Waals surface area contributed by atoms with E-state index in [1.807, 2.05) is 31.2 Å². The third-order valence-electron chi connectivity index (χ3n) is 3.41. The van der Waals surface area contributed by atoms with Crippen molar-refractivity contribution in [3.05, 3.63) is 35.4 Å². The van der Waals surface area contributed by atoms with E-state index in [4.69, 9.17) is 5.73 Å². The maximum atomic E-state index is 12.1. The molecule has 0 radical (unpaired) electrons. The molecule has 1 atom stereocenters. The van der Waals surface area contributed by atoms with Gasteiger partial charge in [-0.1, -0.05) is 24.3 Å². The summed E-state index contributed by atoms with van der Waals surface area (Å²) in [6.07, 6.45) is 0. The molecule has 2 rings (SSSR count). The lowest BCUT2D eigenvalue weighted by molar-refractivity contribution is -0.130. The minimum Gasteiger partial charge on any atom is -0.324 e. The van der Waals surface area contributed by atoms with Gasteiger partial charge < -0.3 is 11.1 Å². The molecule has 1 aliphatic rings. The van der Waals surface area contributed by atoms with Crippen LogP contribution in [-0.2, 0) is 4.79 Å². The van der Waals surface area contributed by atoms with E-state index in [2.05, 4.69) is 5.32 Å². The molecule has 0 spiro atoms. The van der Waals surface area contributed by atoms with Gasteiger partial charge in [0.2, 0.25) is 0 Å². The molecular weight excluding hydrogens is 242 g/mol. The van der Waals surface area contributed by atoms with Gasteiger partial charge in [-0.25, -0.2) is 4.79 Å². The summed E-state index contributed by atoms with van der Waals surface area (Å²) < 4.78 is 0. The Hall–Kier alpha value is -1.88. The van der Waals surface area contributed by atoms with E-state index in [-0.39, 0.29) is 24.5 Å². The molecule has 1 saturated heterocycles. The lowest BCUT2D eigenvalue weighted by Crippen LogP contribution is -2.41. The van der Waals surface area contributed by atoms with Crippen LogP contribution in [0.3, 0.4) is 0 Å². The highest BCUT2D eigenvalue weighted by Crippen LogP contribution is 2.21. The van der Waals surface area contributed by atoms with Crippen LogP contribution in [0.1, 0.15) is 31.0 Å². The average Bonchev–Trinajstić information content (AvgIpc) is 2.52.